The molecule has 1 saturated heterocycles. The van der Waals surface area contributed by atoms with Gasteiger partial charge in [-0.3, -0.25) is 4.79 Å². The zero-order chi connectivity index (χ0) is 12.0. The molecule has 1 aliphatic heterocycles. The second kappa shape index (κ2) is 6.45. The normalized spacial score (nSPS) is 26.7. The van der Waals surface area contributed by atoms with Crippen LogP contribution < -0.4 is 5.32 Å². The van der Waals surface area contributed by atoms with E-state index in [2.05, 4.69) is 12.2 Å². The van der Waals surface area contributed by atoms with Crippen molar-refractivity contribution in [1.29, 1.82) is 0 Å². The molecule has 0 radical (unpaired) electrons. The Morgan fingerprint density at radius 2 is 2.38 bits per heavy atom. The molecule has 1 rings (SSSR count). The number of rotatable bonds is 6. The third-order valence-electron chi connectivity index (χ3n) is 3.12. The average Bonchev–Trinajstić information content (AvgIpc) is 2.72. The van der Waals surface area contributed by atoms with Gasteiger partial charge in [-0.2, -0.15) is 0 Å². The summed E-state index contributed by atoms with van der Waals surface area (Å²) in [6.07, 6.45) is 3.85. The molecule has 0 aromatic carbocycles. The minimum absolute atomic E-state index is 0.0310. The number of carbonyl (C=O) groups is 1. The average molecular weight is 248 g/mol. The van der Waals surface area contributed by atoms with Crippen molar-refractivity contribution in [2.75, 3.05) is 19.0 Å². The predicted molar refractivity (Wildman–Crippen MR) is 65.7 cm³/mol. The Bertz CT molecular complexity index is 227. The maximum Gasteiger partial charge on any atom is 0.251 e. The van der Waals surface area contributed by atoms with Gasteiger partial charge in [0.25, 0.3) is 5.91 Å². The van der Waals surface area contributed by atoms with Crippen molar-refractivity contribution in [1.82, 2.24) is 5.32 Å². The number of hydrogen-bond acceptors (Lipinski definition) is 2. The Kier molecular flexibility index (Phi) is 5.56. The zero-order valence-corrected chi connectivity index (χ0v) is 11.0. The summed E-state index contributed by atoms with van der Waals surface area (Å²) < 4.78 is 5.47. The van der Waals surface area contributed by atoms with Crippen LogP contribution in [-0.4, -0.2) is 30.5 Å². The lowest BCUT2D eigenvalue weighted by molar-refractivity contribution is -0.139. The Hall–Kier alpha value is -0.280. The van der Waals surface area contributed by atoms with Gasteiger partial charge in [0.15, 0.2) is 0 Å². The highest BCUT2D eigenvalue weighted by molar-refractivity contribution is 6.18. The van der Waals surface area contributed by atoms with Gasteiger partial charge in [-0.1, -0.05) is 6.92 Å². The van der Waals surface area contributed by atoms with Crippen LogP contribution in [0.1, 0.15) is 39.5 Å². The molecule has 0 aromatic heterocycles. The summed E-state index contributed by atoms with van der Waals surface area (Å²) in [6, 6.07) is 0. The Morgan fingerprint density at radius 3 is 2.94 bits per heavy atom. The van der Waals surface area contributed by atoms with Crippen LogP contribution in [0.4, 0.5) is 0 Å². The van der Waals surface area contributed by atoms with E-state index in [9.17, 15) is 4.79 Å². The van der Waals surface area contributed by atoms with Gasteiger partial charge >= 0.3 is 0 Å². The molecule has 1 N–H and O–H groups in total. The Labute approximate surface area is 103 Å². The lowest BCUT2D eigenvalue weighted by Crippen LogP contribution is -2.44. The number of alkyl halides is 1. The first-order chi connectivity index (χ1) is 7.58. The molecule has 0 bridgehead atoms. The Balaban J connectivity index is 2.15. The highest BCUT2D eigenvalue weighted by atomic mass is 35.5. The molecule has 1 fully saturated rings. The van der Waals surface area contributed by atoms with E-state index >= 15 is 0 Å². The van der Waals surface area contributed by atoms with E-state index in [4.69, 9.17) is 16.3 Å². The van der Waals surface area contributed by atoms with Crippen LogP contribution in [0.2, 0.25) is 0 Å². The fraction of sp³-hybridized carbons (Fsp3) is 0.917. The van der Waals surface area contributed by atoms with Crippen molar-refractivity contribution in [3.8, 4) is 0 Å². The molecule has 0 saturated carbocycles. The third-order valence-corrected chi connectivity index (χ3v) is 3.65. The lowest BCUT2D eigenvalue weighted by Gasteiger charge is -2.22. The number of nitrogens with one attached hydrogen (secondary N) is 1. The fourth-order valence-electron chi connectivity index (χ4n) is 1.87. The first-order valence-electron chi connectivity index (χ1n) is 6.07. The van der Waals surface area contributed by atoms with Gasteiger partial charge in [-0.25, -0.2) is 0 Å². The molecule has 1 heterocycles. The summed E-state index contributed by atoms with van der Waals surface area (Å²) in [5.41, 5.74) is -0.585. The van der Waals surface area contributed by atoms with Gasteiger partial charge in [0.1, 0.15) is 5.60 Å². The van der Waals surface area contributed by atoms with Crippen LogP contribution in [0.3, 0.4) is 0 Å². The number of carbonyl (C=O) groups excluding carboxylic acids is 1. The van der Waals surface area contributed by atoms with Gasteiger partial charge < -0.3 is 10.1 Å². The molecule has 0 aliphatic carbocycles. The van der Waals surface area contributed by atoms with Crippen molar-refractivity contribution >= 4 is 17.5 Å². The van der Waals surface area contributed by atoms with E-state index in [0.717, 1.165) is 32.2 Å². The van der Waals surface area contributed by atoms with Crippen molar-refractivity contribution in [3.63, 3.8) is 0 Å². The minimum Gasteiger partial charge on any atom is -0.365 e. The van der Waals surface area contributed by atoms with E-state index in [-0.39, 0.29) is 5.91 Å². The largest absolute Gasteiger partial charge is 0.365 e. The summed E-state index contributed by atoms with van der Waals surface area (Å²) in [5.74, 6) is 1.25. The monoisotopic (exact) mass is 247 g/mol. The quantitative estimate of drug-likeness (QED) is 0.578. The van der Waals surface area contributed by atoms with Crippen LogP contribution in [0.15, 0.2) is 0 Å². The van der Waals surface area contributed by atoms with Crippen LogP contribution >= 0.6 is 11.6 Å². The first kappa shape index (κ1) is 13.8. The Morgan fingerprint density at radius 1 is 1.62 bits per heavy atom. The van der Waals surface area contributed by atoms with E-state index in [1.54, 1.807) is 0 Å². The van der Waals surface area contributed by atoms with Gasteiger partial charge in [0, 0.05) is 19.0 Å². The number of ether oxygens (including phenoxy) is 1. The minimum atomic E-state index is -0.585. The van der Waals surface area contributed by atoms with Crippen molar-refractivity contribution in [3.05, 3.63) is 0 Å². The molecule has 16 heavy (non-hydrogen) atoms. The lowest BCUT2D eigenvalue weighted by atomic mass is 10.0. The summed E-state index contributed by atoms with van der Waals surface area (Å²) >= 11 is 5.71. The molecule has 3 nitrogen and oxygen atoms in total. The van der Waals surface area contributed by atoms with Gasteiger partial charge in [0.05, 0.1) is 0 Å². The van der Waals surface area contributed by atoms with E-state index < -0.39 is 5.60 Å². The van der Waals surface area contributed by atoms with Crippen LogP contribution in [0.25, 0.3) is 0 Å². The number of amides is 1. The van der Waals surface area contributed by atoms with Gasteiger partial charge in [-0.15, -0.1) is 11.6 Å². The number of halogens is 1. The van der Waals surface area contributed by atoms with Crippen LogP contribution in [0.5, 0.6) is 0 Å². The maximum atomic E-state index is 11.8. The van der Waals surface area contributed by atoms with E-state index in [1.807, 2.05) is 6.92 Å². The molecule has 94 valence electrons. The van der Waals surface area contributed by atoms with Crippen molar-refractivity contribution in [2.24, 2.45) is 5.92 Å². The zero-order valence-electron chi connectivity index (χ0n) is 10.2. The predicted octanol–water partition coefficient (Wildman–Crippen LogP) is 2.33. The van der Waals surface area contributed by atoms with Gasteiger partial charge in [0.2, 0.25) is 0 Å². The molecule has 2 atom stereocenters. The van der Waals surface area contributed by atoms with Gasteiger partial charge in [-0.05, 0) is 38.5 Å². The van der Waals surface area contributed by atoms with Crippen LogP contribution in [-0.2, 0) is 9.53 Å². The first-order valence-corrected chi connectivity index (χ1v) is 6.60. The highest BCUT2D eigenvalue weighted by Gasteiger charge is 2.37. The topological polar surface area (TPSA) is 38.3 Å². The molecule has 1 amide bonds. The van der Waals surface area contributed by atoms with E-state index in [0.29, 0.717) is 18.4 Å². The summed E-state index contributed by atoms with van der Waals surface area (Å²) in [5, 5.41) is 2.94. The summed E-state index contributed by atoms with van der Waals surface area (Å²) in [4.78, 5) is 11.8. The maximum absolute atomic E-state index is 11.8. The highest BCUT2D eigenvalue weighted by Crippen LogP contribution is 2.24. The van der Waals surface area contributed by atoms with Crippen LogP contribution in [0, 0.1) is 5.92 Å². The molecule has 1 aliphatic rings. The molecule has 4 heteroatoms. The fourth-order valence-corrected chi connectivity index (χ4v) is 2.03. The smallest absolute Gasteiger partial charge is 0.251 e. The molecular formula is C12H22ClNO2. The summed E-state index contributed by atoms with van der Waals surface area (Å²) in [7, 11) is 0. The summed E-state index contributed by atoms with van der Waals surface area (Å²) in [6.45, 7) is 5.42. The number of hydrogen-bond donors (Lipinski definition) is 1. The SMILES string of the molecule is CC(CCl)CCCNC(=O)C1(C)CCCO1. The second-order valence-corrected chi connectivity index (χ2v) is 5.15. The van der Waals surface area contributed by atoms with Crippen molar-refractivity contribution in [2.45, 2.75) is 45.1 Å². The standard InChI is InChI=1S/C12H22ClNO2/c1-10(9-13)5-3-7-14-11(15)12(2)6-4-8-16-12/h10H,3-9H2,1-2H3,(H,14,15). The molecule has 2 unspecified atom stereocenters. The van der Waals surface area contributed by atoms with Crippen molar-refractivity contribution < 1.29 is 9.53 Å². The third kappa shape index (κ3) is 3.95. The molecule has 0 spiro atoms. The second-order valence-electron chi connectivity index (χ2n) is 4.84. The molecule has 0 aromatic rings. The molecular weight excluding hydrogens is 226 g/mol. The van der Waals surface area contributed by atoms with E-state index in [1.165, 1.54) is 0 Å².